The van der Waals surface area contributed by atoms with Crippen LogP contribution in [-0.2, 0) is 25.7 Å². The zero-order valence-electron chi connectivity index (χ0n) is 21.4. The normalized spacial score (nSPS) is 11.9. The number of hydrogen-bond acceptors (Lipinski definition) is 2. The fourth-order valence-electron chi connectivity index (χ4n) is 4.34. The van der Waals surface area contributed by atoms with E-state index in [-0.39, 0.29) is 12.4 Å². The molecule has 2 aromatic carbocycles. The summed E-state index contributed by atoms with van der Waals surface area (Å²) in [6, 6.07) is 6.26. The van der Waals surface area contributed by atoms with Crippen LogP contribution in [0.15, 0.2) is 31.6 Å². The summed E-state index contributed by atoms with van der Waals surface area (Å²) < 4.78 is 3.21. The van der Waals surface area contributed by atoms with Crippen LogP contribution in [0.5, 0.6) is 0 Å². The van der Waals surface area contributed by atoms with E-state index in [1.165, 1.54) is 54.4 Å². The summed E-state index contributed by atoms with van der Waals surface area (Å²) in [7, 11) is 47.8. The van der Waals surface area contributed by atoms with Crippen LogP contribution in [0.25, 0.3) is 0 Å². The molecule has 2 nitrogen and oxygen atoms in total. The molecule has 0 atom stereocenters. The summed E-state index contributed by atoms with van der Waals surface area (Å²) in [5.74, 6) is 0. The summed E-state index contributed by atoms with van der Waals surface area (Å²) in [6.07, 6.45) is 4.05. The van der Waals surface area contributed by atoms with E-state index in [1.807, 2.05) is 6.07 Å². The van der Waals surface area contributed by atoms with Crippen LogP contribution in [-0.4, -0.2) is 105 Å². The molecule has 2 aliphatic carbocycles. The minimum atomic E-state index is -0.826. The molecule has 0 aromatic heterocycles. The van der Waals surface area contributed by atoms with Gasteiger partial charge in [0, 0.05) is 105 Å². The molecule has 0 amide bonds. The van der Waals surface area contributed by atoms with Gasteiger partial charge >= 0.3 is 36.7 Å². The second-order valence-electron chi connectivity index (χ2n) is 9.00. The Morgan fingerprint density at radius 3 is 1.62 bits per heavy atom. The molecule has 0 unspecified atom stereocenters. The number of nitrogen functional groups attached to an aromatic ring is 2. The molecule has 0 aliphatic heterocycles. The van der Waals surface area contributed by atoms with Gasteiger partial charge in [0.05, 0.1) is 5.69 Å². The van der Waals surface area contributed by atoms with E-state index in [1.54, 1.807) is 0 Å². The molecule has 0 heterocycles. The first-order valence-electron chi connectivity index (χ1n) is 11.8. The molecular weight excluding hydrogens is 839 g/mol. The summed E-state index contributed by atoms with van der Waals surface area (Å²) in [4.78, 5) is 0. The minimum absolute atomic E-state index is 0. The zero-order valence-corrected chi connectivity index (χ0v) is 31.3. The summed E-state index contributed by atoms with van der Waals surface area (Å²) in [5.41, 5.74) is 19.0. The van der Waals surface area contributed by atoms with E-state index in [9.17, 15) is 0 Å². The molecule has 0 bridgehead atoms. The molecule has 4 rings (SSSR count). The van der Waals surface area contributed by atoms with Gasteiger partial charge in [-0.25, -0.2) is 0 Å². The predicted molar refractivity (Wildman–Crippen MR) is 203 cm³/mol. The van der Waals surface area contributed by atoms with E-state index in [2.05, 4.69) is 59.9 Å². The predicted octanol–water partition coefficient (Wildman–Crippen LogP) is 2.65. The number of benzene rings is 2. The van der Waals surface area contributed by atoms with Crippen LogP contribution in [0.1, 0.15) is 35.1 Å². The maximum absolute atomic E-state index is 5.86. The third-order valence-electron chi connectivity index (χ3n) is 6.34. The Morgan fingerprint density at radius 2 is 1.18 bits per heavy atom. The number of anilines is 2. The third-order valence-corrected chi connectivity index (χ3v) is 8.84. The Morgan fingerprint density at radius 1 is 0.718 bits per heavy atom. The van der Waals surface area contributed by atoms with E-state index >= 15 is 0 Å². The van der Waals surface area contributed by atoms with Crippen molar-refractivity contribution in [2.24, 2.45) is 0 Å². The second-order valence-corrected chi connectivity index (χ2v) is 15.7. The molecule has 0 fully saturated rings. The molecule has 39 heavy (non-hydrogen) atoms. The first-order chi connectivity index (χ1) is 17.8. The van der Waals surface area contributed by atoms with Crippen LogP contribution < -0.4 is 11.5 Å². The number of nitrogens with two attached hydrogens (primary N) is 2. The van der Waals surface area contributed by atoms with Gasteiger partial charge in [0.1, 0.15) is 0 Å². The maximum atomic E-state index is 5.86. The van der Waals surface area contributed by atoms with Crippen LogP contribution in [0.2, 0.25) is 0 Å². The Kier molecular flexibility index (Phi) is 21.8. The van der Waals surface area contributed by atoms with Crippen molar-refractivity contribution in [2.45, 2.75) is 38.5 Å². The Balaban J connectivity index is 0.000000522. The monoisotopic (exact) mass is 858 g/mol. The van der Waals surface area contributed by atoms with Crippen molar-refractivity contribution in [3.8, 4) is 0 Å². The average molecular weight is 859 g/mol. The Hall–Kier alpha value is 1.93. The SMILES string of the molecule is Cl.Nc1c(Br)cc2c(c1Br)CCC2.Nc1ccc2c(c1Br)CCC2.[B]B([B])B([B])B(B([B])[B])B([B])[B].[Cl][Sn][Cl]. The van der Waals surface area contributed by atoms with Gasteiger partial charge in [-0.05, 0) is 121 Å². The summed E-state index contributed by atoms with van der Waals surface area (Å²) >= 11 is 9.65. The molecule has 4 N–H and O–H groups in total. The Bertz CT molecular complexity index is 1040. The number of hydrogen-bond donors (Lipinski definition) is 2. The van der Waals surface area contributed by atoms with Gasteiger partial charge in [-0.3, -0.25) is 0 Å². The van der Waals surface area contributed by atoms with Crippen LogP contribution >= 0.6 is 78.0 Å². The molecule has 0 saturated heterocycles. The summed E-state index contributed by atoms with van der Waals surface area (Å²) in [6.45, 7) is 0. The Labute approximate surface area is 294 Å². The van der Waals surface area contributed by atoms with Gasteiger partial charge in [-0.1, -0.05) is 6.07 Å². The van der Waals surface area contributed by atoms with E-state index in [0.717, 1.165) is 31.2 Å². The van der Waals surface area contributed by atoms with E-state index in [0.29, 0.717) is 0 Å². The third kappa shape index (κ3) is 12.8. The summed E-state index contributed by atoms with van der Waals surface area (Å²) in [5, 5.41) is 0. The van der Waals surface area contributed by atoms with Crippen molar-refractivity contribution in [1.29, 1.82) is 0 Å². The molecule has 2 aliphatic rings. The van der Waals surface area contributed by atoms with Crippen molar-refractivity contribution in [1.82, 2.24) is 0 Å². The van der Waals surface area contributed by atoms with Gasteiger partial charge < -0.3 is 11.5 Å². The first-order valence-corrected chi connectivity index (χ1v) is 21.4. The number of halogens is 6. The molecule has 184 valence electrons. The molecule has 21 heteroatoms. The standard InChI is InChI=1S/C9H9Br2N.C9H10BrN.B12.3ClH.Sn/c10-7-4-5-2-1-3-6(5)8(11)9(7)12;10-9-7-3-1-2-6(7)4-5-8(9)11;1-8(2)11(7)12(9(3)4)10(5)6;;;;/h4H,1-3,12H2;4-5H,1-3,11H2;;3*1H;/q;;;;;;+2/p-2. The van der Waals surface area contributed by atoms with Gasteiger partial charge in [-0.15, -0.1) is 12.4 Å². The van der Waals surface area contributed by atoms with Gasteiger partial charge in [0.2, 0.25) is 0 Å². The van der Waals surface area contributed by atoms with Crippen molar-refractivity contribution in [3.05, 3.63) is 53.9 Å². The average Bonchev–Trinajstić information content (AvgIpc) is 3.51. The van der Waals surface area contributed by atoms with Crippen LogP contribution in [0.4, 0.5) is 11.4 Å². The van der Waals surface area contributed by atoms with E-state index in [4.69, 9.17) is 83.5 Å². The van der Waals surface area contributed by atoms with E-state index < -0.39 is 50.8 Å². The fourth-order valence-corrected chi connectivity index (χ4v) is 6.33. The molecule has 0 spiro atoms. The van der Waals surface area contributed by atoms with Crippen LogP contribution in [0, 0.1) is 0 Å². The van der Waals surface area contributed by atoms with Crippen molar-refractivity contribution >= 4 is 194 Å². The zero-order chi connectivity index (χ0) is 29.2. The van der Waals surface area contributed by atoms with Gasteiger partial charge in [0.25, 0.3) is 0 Å². The fraction of sp³-hybridized carbons (Fsp3) is 0.333. The molecule has 16 radical (unpaired) electrons. The van der Waals surface area contributed by atoms with Crippen LogP contribution in [0.3, 0.4) is 0 Å². The number of rotatable bonds is 4. The van der Waals surface area contributed by atoms with Crippen molar-refractivity contribution in [2.75, 3.05) is 11.5 Å². The van der Waals surface area contributed by atoms with Gasteiger partial charge in [0.15, 0.2) is 0 Å². The number of aryl methyl sites for hydroxylation is 2. The number of fused-ring (bicyclic) bond motifs is 2. The van der Waals surface area contributed by atoms with Gasteiger partial charge in [-0.2, -0.15) is 0 Å². The molecule has 2 aromatic rings. The molecular formula is C18H20B12Br3Cl3N2Sn. The quantitative estimate of drug-likeness (QED) is 0.368. The molecule has 0 saturated carbocycles. The topological polar surface area (TPSA) is 52.0 Å². The first kappa shape index (κ1) is 40.9. The van der Waals surface area contributed by atoms with Crippen molar-refractivity contribution < 1.29 is 0 Å². The van der Waals surface area contributed by atoms with Crippen molar-refractivity contribution in [3.63, 3.8) is 0 Å². The second kappa shape index (κ2) is 20.8.